The highest BCUT2D eigenvalue weighted by atomic mass is 35.5. The standard InChI is InChI=1S/C8H7Cl2N5O/c1-2-16-8-13-6(10)12-7(14-8)15-4-5(9)3-11-15/h3-4H,2H2,1H3. The van der Waals surface area contributed by atoms with E-state index in [9.17, 15) is 0 Å². The van der Waals surface area contributed by atoms with E-state index in [0.717, 1.165) is 0 Å². The maximum absolute atomic E-state index is 5.73. The van der Waals surface area contributed by atoms with Crippen LogP contribution in [0.1, 0.15) is 6.92 Å². The average molecular weight is 260 g/mol. The van der Waals surface area contributed by atoms with Crippen molar-refractivity contribution in [2.24, 2.45) is 0 Å². The largest absolute Gasteiger partial charge is 0.464 e. The molecule has 2 aromatic heterocycles. The molecule has 0 aliphatic carbocycles. The van der Waals surface area contributed by atoms with Crippen LogP contribution in [0.3, 0.4) is 0 Å². The van der Waals surface area contributed by atoms with Gasteiger partial charge in [-0.15, -0.1) is 0 Å². The molecule has 6 nitrogen and oxygen atoms in total. The monoisotopic (exact) mass is 259 g/mol. The van der Waals surface area contributed by atoms with Crippen molar-refractivity contribution in [3.05, 3.63) is 22.7 Å². The smallest absolute Gasteiger partial charge is 0.322 e. The maximum atomic E-state index is 5.73. The molecule has 0 fully saturated rings. The summed E-state index contributed by atoms with van der Waals surface area (Å²) in [7, 11) is 0. The normalized spacial score (nSPS) is 10.4. The Balaban J connectivity index is 2.40. The lowest BCUT2D eigenvalue weighted by atomic mass is 10.7. The number of ether oxygens (including phenoxy) is 1. The van der Waals surface area contributed by atoms with Gasteiger partial charge in [-0.05, 0) is 18.5 Å². The number of nitrogens with zero attached hydrogens (tertiary/aromatic N) is 5. The highest BCUT2D eigenvalue weighted by molar-refractivity contribution is 6.30. The molecule has 0 aliphatic heterocycles. The number of halogens is 2. The molecule has 0 bridgehead atoms. The minimum absolute atomic E-state index is 0.0417. The van der Waals surface area contributed by atoms with E-state index >= 15 is 0 Å². The van der Waals surface area contributed by atoms with Crippen molar-refractivity contribution in [2.45, 2.75) is 6.92 Å². The van der Waals surface area contributed by atoms with Gasteiger partial charge in [0.2, 0.25) is 5.28 Å². The van der Waals surface area contributed by atoms with Crippen LogP contribution in [0, 0.1) is 0 Å². The molecule has 0 aliphatic rings. The van der Waals surface area contributed by atoms with Crippen molar-refractivity contribution in [3.63, 3.8) is 0 Å². The van der Waals surface area contributed by atoms with Crippen molar-refractivity contribution in [2.75, 3.05) is 6.61 Å². The van der Waals surface area contributed by atoms with Gasteiger partial charge in [0.1, 0.15) is 0 Å². The Kier molecular flexibility index (Phi) is 3.21. The van der Waals surface area contributed by atoms with Gasteiger partial charge < -0.3 is 4.74 Å². The summed E-state index contributed by atoms with van der Waals surface area (Å²) in [6.07, 6.45) is 3.03. The maximum Gasteiger partial charge on any atom is 0.322 e. The molecule has 2 heterocycles. The molecule has 0 aromatic carbocycles. The van der Waals surface area contributed by atoms with Crippen LogP contribution in [0.5, 0.6) is 6.01 Å². The first-order valence-electron chi connectivity index (χ1n) is 4.44. The van der Waals surface area contributed by atoms with Crippen molar-refractivity contribution in [1.29, 1.82) is 0 Å². The van der Waals surface area contributed by atoms with Crippen molar-refractivity contribution in [3.8, 4) is 12.0 Å². The zero-order valence-electron chi connectivity index (χ0n) is 8.26. The van der Waals surface area contributed by atoms with Gasteiger partial charge in [-0.3, -0.25) is 0 Å². The van der Waals surface area contributed by atoms with Crippen LogP contribution in [-0.2, 0) is 0 Å². The lowest BCUT2D eigenvalue weighted by Crippen LogP contribution is -2.06. The van der Waals surface area contributed by atoms with Crippen molar-refractivity contribution < 1.29 is 4.74 Å². The molecule has 0 saturated heterocycles. The Labute approximate surface area is 101 Å². The van der Waals surface area contributed by atoms with E-state index in [1.165, 1.54) is 10.9 Å². The summed E-state index contributed by atoms with van der Waals surface area (Å²) in [6, 6.07) is 0.157. The van der Waals surface area contributed by atoms with Gasteiger partial charge in [0.15, 0.2) is 0 Å². The molecule has 8 heteroatoms. The predicted octanol–water partition coefficient (Wildman–Crippen LogP) is 1.76. The Bertz CT molecular complexity index is 501. The second-order valence-corrected chi connectivity index (χ2v) is 3.50. The fourth-order valence-electron chi connectivity index (χ4n) is 1.03. The fraction of sp³-hybridized carbons (Fsp3) is 0.250. The summed E-state index contributed by atoms with van der Waals surface area (Å²) in [5.41, 5.74) is 0. The van der Waals surface area contributed by atoms with E-state index in [1.54, 1.807) is 6.20 Å². The van der Waals surface area contributed by atoms with E-state index in [2.05, 4.69) is 20.1 Å². The van der Waals surface area contributed by atoms with Gasteiger partial charge >= 0.3 is 6.01 Å². The molecule has 0 spiro atoms. The Morgan fingerprint density at radius 2 is 2.12 bits per heavy atom. The Hall–Kier alpha value is -1.40. The molecule has 2 rings (SSSR count). The van der Waals surface area contributed by atoms with Crippen LogP contribution >= 0.6 is 23.2 Å². The summed E-state index contributed by atoms with van der Waals surface area (Å²) in [4.78, 5) is 11.7. The predicted molar refractivity (Wildman–Crippen MR) is 58.1 cm³/mol. The second-order valence-electron chi connectivity index (χ2n) is 2.72. The van der Waals surface area contributed by atoms with Crippen molar-refractivity contribution >= 4 is 23.2 Å². The fourth-order valence-corrected chi connectivity index (χ4v) is 1.31. The number of hydrogen-bond acceptors (Lipinski definition) is 5. The molecule has 0 amide bonds. The minimum atomic E-state index is 0.0417. The van der Waals surface area contributed by atoms with Crippen LogP contribution in [0.25, 0.3) is 5.95 Å². The molecular formula is C8H7Cl2N5O. The van der Waals surface area contributed by atoms with Gasteiger partial charge in [-0.2, -0.15) is 20.1 Å². The molecule has 84 valence electrons. The Morgan fingerprint density at radius 1 is 1.31 bits per heavy atom. The van der Waals surface area contributed by atoms with Gasteiger partial charge in [-0.25, -0.2) is 4.68 Å². The van der Waals surface area contributed by atoms with Crippen LogP contribution < -0.4 is 4.74 Å². The minimum Gasteiger partial charge on any atom is -0.464 e. The topological polar surface area (TPSA) is 65.7 Å². The zero-order valence-corrected chi connectivity index (χ0v) is 9.77. The molecule has 0 saturated carbocycles. The van der Waals surface area contributed by atoms with E-state index in [1.807, 2.05) is 6.92 Å². The number of rotatable bonds is 3. The first-order valence-corrected chi connectivity index (χ1v) is 5.19. The zero-order chi connectivity index (χ0) is 11.5. The molecule has 0 unspecified atom stereocenters. The van der Waals surface area contributed by atoms with Gasteiger partial charge in [0.25, 0.3) is 5.95 Å². The number of aromatic nitrogens is 5. The van der Waals surface area contributed by atoms with Crippen LogP contribution in [0.2, 0.25) is 10.3 Å². The lowest BCUT2D eigenvalue weighted by Gasteiger charge is -2.03. The van der Waals surface area contributed by atoms with E-state index < -0.39 is 0 Å². The third kappa shape index (κ3) is 2.40. The summed E-state index contributed by atoms with van der Waals surface area (Å²) in [5, 5.41) is 4.47. The van der Waals surface area contributed by atoms with Crippen LogP contribution in [0.15, 0.2) is 12.4 Å². The van der Waals surface area contributed by atoms with Gasteiger partial charge in [-0.1, -0.05) is 11.6 Å². The first-order chi connectivity index (χ1) is 7.69. The summed E-state index contributed by atoms with van der Waals surface area (Å²) in [6.45, 7) is 2.27. The quantitative estimate of drug-likeness (QED) is 0.841. The molecule has 0 radical (unpaired) electrons. The third-order valence-electron chi connectivity index (χ3n) is 1.61. The second kappa shape index (κ2) is 4.63. The van der Waals surface area contributed by atoms with Gasteiger partial charge in [0.05, 0.1) is 24.0 Å². The molecule has 0 N–H and O–H groups in total. The molecule has 16 heavy (non-hydrogen) atoms. The highest BCUT2D eigenvalue weighted by Crippen LogP contribution is 2.13. The molecule has 0 atom stereocenters. The first kappa shape index (κ1) is 11.1. The van der Waals surface area contributed by atoms with E-state index in [0.29, 0.717) is 11.6 Å². The van der Waals surface area contributed by atoms with Crippen molar-refractivity contribution in [1.82, 2.24) is 24.7 Å². The van der Waals surface area contributed by atoms with E-state index in [4.69, 9.17) is 27.9 Å². The number of hydrogen-bond donors (Lipinski definition) is 0. The summed E-state index contributed by atoms with van der Waals surface area (Å²) in [5.74, 6) is 0.260. The Morgan fingerprint density at radius 3 is 2.75 bits per heavy atom. The summed E-state index contributed by atoms with van der Waals surface area (Å²) >= 11 is 11.5. The SMILES string of the molecule is CCOc1nc(Cl)nc(-n2cc(Cl)cn2)n1. The van der Waals surface area contributed by atoms with Crippen LogP contribution in [-0.4, -0.2) is 31.3 Å². The summed E-state index contributed by atoms with van der Waals surface area (Å²) < 4.78 is 6.52. The van der Waals surface area contributed by atoms with Crippen LogP contribution in [0.4, 0.5) is 0 Å². The van der Waals surface area contributed by atoms with E-state index in [-0.39, 0.29) is 17.2 Å². The lowest BCUT2D eigenvalue weighted by molar-refractivity contribution is 0.310. The molecule has 2 aromatic rings. The highest BCUT2D eigenvalue weighted by Gasteiger charge is 2.08. The molecular weight excluding hydrogens is 253 g/mol. The third-order valence-corrected chi connectivity index (χ3v) is 1.97. The van der Waals surface area contributed by atoms with Gasteiger partial charge in [0, 0.05) is 0 Å². The average Bonchev–Trinajstić information content (AvgIpc) is 2.64.